The van der Waals surface area contributed by atoms with E-state index in [4.69, 9.17) is 0 Å². The molecule has 2 rings (SSSR count). The van der Waals surface area contributed by atoms with E-state index in [2.05, 4.69) is 26.2 Å². The molecule has 2 aromatic heterocycles. The Morgan fingerprint density at radius 1 is 1.53 bits per heavy atom. The molecular formula is C13H17N3O2S. The number of rotatable bonds is 6. The zero-order valence-electron chi connectivity index (χ0n) is 11.1. The van der Waals surface area contributed by atoms with Gasteiger partial charge >= 0.3 is 5.97 Å². The molecule has 0 N–H and O–H groups in total. The lowest BCUT2D eigenvalue weighted by atomic mass is 10.2. The molecule has 0 aromatic carbocycles. The molecular weight excluding hydrogens is 262 g/mol. The Balaban J connectivity index is 2.07. The third-order valence-corrected chi connectivity index (χ3v) is 3.67. The fraction of sp³-hybridized carbons (Fsp3) is 0.462. The van der Waals surface area contributed by atoms with Crippen molar-refractivity contribution in [3.63, 3.8) is 0 Å². The fourth-order valence-electron chi connectivity index (χ4n) is 1.79. The third-order valence-electron chi connectivity index (χ3n) is 2.76. The van der Waals surface area contributed by atoms with Crippen LogP contribution in [0.25, 0.3) is 10.7 Å². The minimum absolute atomic E-state index is 0.203. The Bertz CT molecular complexity index is 548. The van der Waals surface area contributed by atoms with Gasteiger partial charge in [-0.05, 0) is 6.42 Å². The molecule has 0 aliphatic heterocycles. The van der Waals surface area contributed by atoms with Gasteiger partial charge in [0, 0.05) is 18.3 Å². The quantitative estimate of drug-likeness (QED) is 0.762. The average Bonchev–Trinajstić information content (AvgIpc) is 3.04. The van der Waals surface area contributed by atoms with E-state index in [1.807, 2.05) is 17.9 Å². The van der Waals surface area contributed by atoms with Crippen LogP contribution in [0.2, 0.25) is 0 Å². The summed E-state index contributed by atoms with van der Waals surface area (Å²) < 4.78 is 6.72. The number of aromatic nitrogens is 3. The summed E-state index contributed by atoms with van der Waals surface area (Å²) in [7, 11) is 1.40. The van der Waals surface area contributed by atoms with Gasteiger partial charge in [0.1, 0.15) is 5.01 Å². The summed E-state index contributed by atoms with van der Waals surface area (Å²) in [6, 6.07) is 0. The largest absolute Gasteiger partial charge is 0.469 e. The van der Waals surface area contributed by atoms with Crippen LogP contribution < -0.4 is 0 Å². The molecule has 6 heteroatoms. The highest BCUT2D eigenvalue weighted by Gasteiger charge is 2.10. The Morgan fingerprint density at radius 2 is 2.37 bits per heavy atom. The van der Waals surface area contributed by atoms with Gasteiger partial charge in [0.15, 0.2) is 0 Å². The lowest BCUT2D eigenvalue weighted by molar-refractivity contribution is -0.140. The first kappa shape index (κ1) is 13.7. The SMILES string of the molecule is CCCn1cncc1-c1nc(CCC(=O)OC)cs1. The van der Waals surface area contributed by atoms with Crippen molar-refractivity contribution in [2.24, 2.45) is 0 Å². The van der Waals surface area contributed by atoms with Gasteiger partial charge in [-0.15, -0.1) is 11.3 Å². The van der Waals surface area contributed by atoms with Crippen LogP contribution in [0.4, 0.5) is 0 Å². The Kier molecular flexibility index (Phi) is 4.68. The fourth-order valence-corrected chi connectivity index (χ4v) is 2.67. The summed E-state index contributed by atoms with van der Waals surface area (Å²) in [5, 5.41) is 2.94. The van der Waals surface area contributed by atoms with Gasteiger partial charge in [-0.25, -0.2) is 9.97 Å². The standard InChI is InChI=1S/C13H17N3O2S/c1-3-6-16-9-14-7-11(16)13-15-10(8-19-13)4-5-12(17)18-2/h7-9H,3-6H2,1-2H3. The molecule has 0 spiro atoms. The van der Waals surface area contributed by atoms with Crippen molar-refractivity contribution >= 4 is 17.3 Å². The van der Waals surface area contributed by atoms with Crippen molar-refractivity contribution in [1.29, 1.82) is 0 Å². The summed E-state index contributed by atoms with van der Waals surface area (Å²) >= 11 is 1.58. The predicted octanol–water partition coefficient (Wildman–Crippen LogP) is 2.52. The Hall–Kier alpha value is -1.69. The average molecular weight is 279 g/mol. The number of nitrogens with zero attached hydrogens (tertiary/aromatic N) is 3. The molecule has 102 valence electrons. The molecule has 0 saturated heterocycles. The minimum atomic E-state index is -0.203. The molecule has 0 radical (unpaired) electrons. The van der Waals surface area contributed by atoms with E-state index in [0.29, 0.717) is 12.8 Å². The molecule has 0 aliphatic rings. The maximum Gasteiger partial charge on any atom is 0.305 e. The van der Waals surface area contributed by atoms with Gasteiger partial charge in [-0.2, -0.15) is 0 Å². The second-order valence-corrected chi connectivity index (χ2v) is 5.05. The number of aryl methyl sites for hydroxylation is 2. The number of esters is 1. The minimum Gasteiger partial charge on any atom is -0.469 e. The van der Waals surface area contributed by atoms with Crippen molar-refractivity contribution in [3.8, 4) is 10.7 Å². The molecule has 0 fully saturated rings. The lowest BCUT2D eigenvalue weighted by Gasteiger charge is -2.02. The van der Waals surface area contributed by atoms with Gasteiger partial charge in [-0.1, -0.05) is 6.92 Å². The molecule has 0 unspecified atom stereocenters. The molecule has 19 heavy (non-hydrogen) atoms. The van der Waals surface area contributed by atoms with Gasteiger partial charge in [0.2, 0.25) is 0 Å². The lowest BCUT2D eigenvalue weighted by Crippen LogP contribution is -2.02. The van der Waals surface area contributed by atoms with Crippen molar-refractivity contribution in [3.05, 3.63) is 23.6 Å². The van der Waals surface area contributed by atoms with Crippen LogP contribution in [0, 0.1) is 0 Å². The van der Waals surface area contributed by atoms with Gasteiger partial charge in [0.05, 0.1) is 37.4 Å². The van der Waals surface area contributed by atoms with Gasteiger partial charge < -0.3 is 9.30 Å². The molecule has 0 atom stereocenters. The normalized spacial score (nSPS) is 10.6. The van der Waals surface area contributed by atoms with Crippen LogP contribution in [0.15, 0.2) is 17.9 Å². The highest BCUT2D eigenvalue weighted by molar-refractivity contribution is 7.13. The van der Waals surface area contributed by atoms with Crippen LogP contribution in [0.5, 0.6) is 0 Å². The molecule has 5 nitrogen and oxygen atoms in total. The molecule has 0 amide bonds. The first-order valence-corrected chi connectivity index (χ1v) is 7.14. The maximum atomic E-state index is 11.1. The molecule has 0 aliphatic carbocycles. The number of hydrogen-bond donors (Lipinski definition) is 0. The monoisotopic (exact) mass is 279 g/mol. The number of hydrogen-bond acceptors (Lipinski definition) is 5. The summed E-state index contributed by atoms with van der Waals surface area (Å²) in [6.45, 7) is 3.07. The smallest absolute Gasteiger partial charge is 0.305 e. The van der Waals surface area contributed by atoms with Crippen molar-refractivity contribution in [1.82, 2.24) is 14.5 Å². The van der Waals surface area contributed by atoms with Crippen molar-refractivity contribution < 1.29 is 9.53 Å². The number of carbonyl (C=O) groups is 1. The van der Waals surface area contributed by atoms with Gasteiger partial charge in [-0.3, -0.25) is 4.79 Å². The van der Waals surface area contributed by atoms with Crippen LogP contribution in [-0.2, 0) is 22.5 Å². The van der Waals surface area contributed by atoms with Crippen LogP contribution in [0.1, 0.15) is 25.5 Å². The first-order valence-electron chi connectivity index (χ1n) is 6.26. The predicted molar refractivity (Wildman–Crippen MR) is 74.0 cm³/mol. The highest BCUT2D eigenvalue weighted by Crippen LogP contribution is 2.24. The summed E-state index contributed by atoms with van der Waals surface area (Å²) in [5.74, 6) is -0.203. The molecule has 0 saturated carbocycles. The van der Waals surface area contributed by atoms with Crippen LogP contribution in [-0.4, -0.2) is 27.6 Å². The Labute approximate surface area is 116 Å². The van der Waals surface area contributed by atoms with E-state index in [-0.39, 0.29) is 5.97 Å². The van der Waals surface area contributed by atoms with Gasteiger partial charge in [0.25, 0.3) is 0 Å². The highest BCUT2D eigenvalue weighted by atomic mass is 32.1. The third kappa shape index (κ3) is 3.41. The zero-order chi connectivity index (χ0) is 13.7. The summed E-state index contributed by atoms with van der Waals surface area (Å²) in [6.07, 6.45) is 5.70. The molecule has 0 bridgehead atoms. The number of thiazole rings is 1. The molecule has 2 aromatic rings. The van der Waals surface area contributed by atoms with E-state index in [1.54, 1.807) is 11.3 Å². The second-order valence-electron chi connectivity index (χ2n) is 4.19. The zero-order valence-corrected chi connectivity index (χ0v) is 11.9. The number of ether oxygens (including phenoxy) is 1. The Morgan fingerprint density at radius 3 is 3.11 bits per heavy atom. The van der Waals surface area contributed by atoms with Crippen LogP contribution in [0.3, 0.4) is 0 Å². The van der Waals surface area contributed by atoms with E-state index >= 15 is 0 Å². The van der Waals surface area contributed by atoms with E-state index in [0.717, 1.165) is 29.4 Å². The van der Waals surface area contributed by atoms with Crippen LogP contribution >= 0.6 is 11.3 Å². The first-order chi connectivity index (χ1) is 9.24. The molecule has 2 heterocycles. The maximum absolute atomic E-state index is 11.1. The number of methoxy groups -OCH3 is 1. The van der Waals surface area contributed by atoms with E-state index in [9.17, 15) is 4.79 Å². The van der Waals surface area contributed by atoms with Crippen molar-refractivity contribution in [2.45, 2.75) is 32.7 Å². The van der Waals surface area contributed by atoms with Crippen molar-refractivity contribution in [2.75, 3.05) is 7.11 Å². The topological polar surface area (TPSA) is 57.0 Å². The second kappa shape index (κ2) is 6.47. The summed E-state index contributed by atoms with van der Waals surface area (Å²) in [4.78, 5) is 19.8. The number of carbonyl (C=O) groups excluding carboxylic acids is 1. The van der Waals surface area contributed by atoms with E-state index in [1.165, 1.54) is 7.11 Å². The number of imidazole rings is 1. The van der Waals surface area contributed by atoms with E-state index < -0.39 is 0 Å². The summed E-state index contributed by atoms with van der Waals surface area (Å²) in [5.41, 5.74) is 1.96.